The molecule has 0 fully saturated rings. The molecule has 0 aliphatic carbocycles. The van der Waals surface area contributed by atoms with Gasteiger partial charge in [-0.2, -0.15) is 0 Å². The predicted molar refractivity (Wildman–Crippen MR) is 134 cm³/mol. The quantitative estimate of drug-likeness (QED) is 0.165. The van der Waals surface area contributed by atoms with Crippen LogP contribution in [-0.4, -0.2) is 9.97 Å². The summed E-state index contributed by atoms with van der Waals surface area (Å²) in [6, 6.07) is 36.2. The average molecular weight is 636 g/mol. The molecular weight excluding hydrogens is 614 g/mol. The van der Waals surface area contributed by atoms with E-state index in [9.17, 15) is 4.39 Å². The Labute approximate surface area is 219 Å². The fourth-order valence-electron chi connectivity index (χ4n) is 4.46. The van der Waals surface area contributed by atoms with Crippen LogP contribution in [0.15, 0.2) is 91.0 Å². The Morgan fingerprint density at radius 3 is 1.94 bits per heavy atom. The molecule has 10 bridgehead atoms. The van der Waals surface area contributed by atoms with E-state index in [2.05, 4.69) is 38.1 Å². The molecule has 0 N–H and O–H groups in total. The Hall–Kier alpha value is -3.42. The van der Waals surface area contributed by atoms with Gasteiger partial charge in [-0.3, -0.25) is 14.4 Å². The molecule has 5 aromatic rings. The molecular formula is C31H21FN2Pt. The van der Waals surface area contributed by atoms with Crippen molar-refractivity contribution in [2.75, 3.05) is 0 Å². The molecule has 0 unspecified atom stereocenters. The normalized spacial score (nSPS) is 13.0. The first kappa shape index (κ1) is 23.3. The Kier molecular flexibility index (Phi) is 5.99. The fourth-order valence-corrected chi connectivity index (χ4v) is 4.46. The van der Waals surface area contributed by atoms with E-state index in [4.69, 9.17) is 9.97 Å². The van der Waals surface area contributed by atoms with Crippen LogP contribution in [0.25, 0.3) is 44.8 Å². The van der Waals surface area contributed by atoms with E-state index in [0.29, 0.717) is 11.3 Å². The Morgan fingerprint density at radius 1 is 0.629 bits per heavy atom. The number of aromatic nitrogens is 2. The molecule has 6 rings (SSSR count). The van der Waals surface area contributed by atoms with Crippen molar-refractivity contribution in [3.8, 4) is 44.8 Å². The average Bonchev–Trinajstić information content (AvgIpc) is 2.89. The van der Waals surface area contributed by atoms with Crippen molar-refractivity contribution in [3.63, 3.8) is 0 Å². The second kappa shape index (κ2) is 8.98. The minimum absolute atomic E-state index is 0. The van der Waals surface area contributed by atoms with Crippen LogP contribution in [0.3, 0.4) is 0 Å². The van der Waals surface area contributed by atoms with Crippen molar-refractivity contribution in [2.24, 2.45) is 0 Å². The van der Waals surface area contributed by atoms with Gasteiger partial charge < -0.3 is 0 Å². The second-order valence-corrected chi connectivity index (χ2v) is 9.10. The van der Waals surface area contributed by atoms with Crippen LogP contribution in [0.1, 0.15) is 25.2 Å². The number of rotatable bonds is 0. The molecule has 172 valence electrons. The Balaban J connectivity index is 0.00000253. The summed E-state index contributed by atoms with van der Waals surface area (Å²) >= 11 is 0. The minimum atomic E-state index is -0.487. The van der Waals surface area contributed by atoms with E-state index < -0.39 is 5.41 Å². The van der Waals surface area contributed by atoms with Gasteiger partial charge in [-0.15, -0.1) is 53.6 Å². The number of hydrogen-bond acceptors (Lipinski definition) is 2. The van der Waals surface area contributed by atoms with Crippen molar-refractivity contribution < 1.29 is 25.5 Å². The van der Waals surface area contributed by atoms with Gasteiger partial charge in [0.25, 0.3) is 0 Å². The molecule has 0 atom stereocenters. The third kappa shape index (κ3) is 4.15. The SMILES string of the molecule is CC1(C)c2cccc(n2)-c2[c-]c(ccc2)-c2cccc(c2)-c2[c-]c(c(F)cc2)-c2cccc1n2.[Pt+2]. The van der Waals surface area contributed by atoms with Crippen molar-refractivity contribution >= 4 is 0 Å². The van der Waals surface area contributed by atoms with E-state index in [1.807, 2.05) is 66.7 Å². The molecule has 3 aromatic carbocycles. The fraction of sp³-hybridized carbons (Fsp3) is 0.0968. The summed E-state index contributed by atoms with van der Waals surface area (Å²) in [7, 11) is 0. The molecule has 0 spiro atoms. The third-order valence-electron chi connectivity index (χ3n) is 6.49. The molecule has 4 heteroatoms. The van der Waals surface area contributed by atoms with Gasteiger partial charge in [-0.05, 0) is 26.0 Å². The molecule has 0 radical (unpaired) electrons. The van der Waals surface area contributed by atoms with Gasteiger partial charge in [0.2, 0.25) is 0 Å². The number of halogens is 1. The van der Waals surface area contributed by atoms with Crippen LogP contribution in [-0.2, 0) is 26.5 Å². The van der Waals surface area contributed by atoms with Crippen LogP contribution < -0.4 is 0 Å². The summed E-state index contributed by atoms with van der Waals surface area (Å²) in [5.74, 6) is -0.343. The topological polar surface area (TPSA) is 25.8 Å². The first-order valence-electron chi connectivity index (χ1n) is 11.3. The third-order valence-corrected chi connectivity index (χ3v) is 6.49. The van der Waals surface area contributed by atoms with Crippen LogP contribution in [0.5, 0.6) is 0 Å². The van der Waals surface area contributed by atoms with Crippen LogP contribution in [0.2, 0.25) is 0 Å². The van der Waals surface area contributed by atoms with Crippen LogP contribution in [0, 0.1) is 17.9 Å². The number of pyridine rings is 2. The van der Waals surface area contributed by atoms with Crippen molar-refractivity contribution in [1.29, 1.82) is 0 Å². The van der Waals surface area contributed by atoms with Crippen molar-refractivity contribution in [2.45, 2.75) is 19.3 Å². The van der Waals surface area contributed by atoms with E-state index in [1.165, 1.54) is 6.07 Å². The van der Waals surface area contributed by atoms with Crippen LogP contribution >= 0.6 is 0 Å². The summed E-state index contributed by atoms with van der Waals surface area (Å²) in [6.07, 6.45) is 0. The smallest absolute Gasteiger partial charge is 0.291 e. The summed E-state index contributed by atoms with van der Waals surface area (Å²) in [4.78, 5) is 9.88. The maximum absolute atomic E-state index is 15.0. The molecule has 0 saturated heterocycles. The standard InChI is InChI=1S/C31H21FN2.Pt/c1-31(2)29-13-5-11-27(33-29)24-10-4-9-22(18-24)20-7-3-8-21(17-20)23-15-16-26(32)25(19-23)28-12-6-14-30(31)34-28;/h3-17H,1-2H3;/q-2;+2. The molecule has 1 aliphatic rings. The first-order valence-corrected chi connectivity index (χ1v) is 11.3. The largest absolute Gasteiger partial charge is 2.00 e. The van der Waals surface area contributed by atoms with Crippen molar-refractivity contribution in [3.05, 3.63) is 120 Å². The molecule has 2 nitrogen and oxygen atoms in total. The van der Waals surface area contributed by atoms with Crippen LogP contribution in [0.4, 0.5) is 4.39 Å². The van der Waals surface area contributed by atoms with Gasteiger partial charge in [0, 0.05) is 28.2 Å². The number of benzene rings is 3. The Morgan fingerprint density at radius 2 is 1.20 bits per heavy atom. The number of hydrogen-bond donors (Lipinski definition) is 0. The zero-order valence-electron chi connectivity index (χ0n) is 19.2. The van der Waals surface area contributed by atoms with E-state index in [0.717, 1.165) is 44.9 Å². The summed E-state index contributed by atoms with van der Waals surface area (Å²) < 4.78 is 15.0. The van der Waals surface area contributed by atoms with Gasteiger partial charge in [0.15, 0.2) is 0 Å². The monoisotopic (exact) mass is 635 g/mol. The first-order chi connectivity index (χ1) is 16.5. The van der Waals surface area contributed by atoms with Crippen molar-refractivity contribution in [1.82, 2.24) is 9.97 Å². The van der Waals surface area contributed by atoms with Gasteiger partial charge >= 0.3 is 21.1 Å². The van der Waals surface area contributed by atoms with E-state index >= 15 is 0 Å². The van der Waals surface area contributed by atoms with E-state index in [1.54, 1.807) is 6.07 Å². The van der Waals surface area contributed by atoms with Gasteiger partial charge in [0.05, 0.1) is 5.82 Å². The molecule has 0 amide bonds. The summed E-state index contributed by atoms with van der Waals surface area (Å²) in [5.41, 5.74) is 7.72. The molecule has 1 aliphatic heterocycles. The molecule has 2 aromatic heterocycles. The minimum Gasteiger partial charge on any atom is -0.291 e. The van der Waals surface area contributed by atoms with Gasteiger partial charge in [0.1, 0.15) is 0 Å². The zero-order valence-corrected chi connectivity index (χ0v) is 21.5. The maximum atomic E-state index is 15.0. The second-order valence-electron chi connectivity index (χ2n) is 9.10. The molecule has 35 heavy (non-hydrogen) atoms. The van der Waals surface area contributed by atoms with Gasteiger partial charge in [-0.1, -0.05) is 70.8 Å². The maximum Gasteiger partial charge on any atom is 2.00 e. The Bertz CT molecular complexity index is 1560. The number of fused-ring (bicyclic) bond motifs is 14. The van der Waals surface area contributed by atoms with Gasteiger partial charge in [-0.25, -0.2) is 0 Å². The number of nitrogens with zero attached hydrogens (tertiary/aromatic N) is 2. The summed E-state index contributed by atoms with van der Waals surface area (Å²) in [5, 5.41) is 0. The summed E-state index contributed by atoms with van der Waals surface area (Å²) in [6.45, 7) is 4.19. The molecule has 0 saturated carbocycles. The zero-order chi connectivity index (χ0) is 23.3. The predicted octanol–water partition coefficient (Wildman–Crippen LogP) is 7.52. The molecule has 3 heterocycles. The van der Waals surface area contributed by atoms with E-state index in [-0.39, 0.29) is 26.9 Å².